The van der Waals surface area contributed by atoms with Gasteiger partial charge in [0.25, 0.3) is 0 Å². The molecule has 0 heterocycles. The average molecular weight is 191 g/mol. The average Bonchev–Trinajstić information content (AvgIpc) is 2.69. The van der Waals surface area contributed by atoms with Gasteiger partial charge in [-0.25, -0.2) is 0 Å². The van der Waals surface area contributed by atoms with E-state index in [1.165, 1.54) is 25.7 Å². The summed E-state index contributed by atoms with van der Waals surface area (Å²) in [7, 11) is 0. The molecule has 1 aromatic carbocycles. The highest BCUT2D eigenvalue weighted by molar-refractivity contribution is 5.45. The zero-order valence-electron chi connectivity index (χ0n) is 8.41. The Morgan fingerprint density at radius 1 is 1.21 bits per heavy atom. The fourth-order valence-corrected chi connectivity index (χ4v) is 1.93. The van der Waals surface area contributed by atoms with Gasteiger partial charge < -0.3 is 10.5 Å². The maximum Gasteiger partial charge on any atom is 0.0740 e. The molecular weight excluding hydrogens is 174 g/mol. The second-order valence-corrected chi connectivity index (χ2v) is 3.92. The zero-order valence-corrected chi connectivity index (χ0v) is 8.41. The largest absolute Gasteiger partial charge is 0.398 e. The molecule has 76 valence electrons. The Bertz CT molecular complexity index is 292. The predicted octanol–water partition coefficient (Wildman–Crippen LogP) is 2.73. The van der Waals surface area contributed by atoms with Crippen molar-refractivity contribution in [3.05, 3.63) is 29.8 Å². The van der Waals surface area contributed by atoms with Crippen LogP contribution in [0.4, 0.5) is 5.69 Å². The van der Waals surface area contributed by atoms with Gasteiger partial charge >= 0.3 is 0 Å². The number of nitrogens with two attached hydrogens (primary N) is 1. The summed E-state index contributed by atoms with van der Waals surface area (Å²) < 4.78 is 5.79. The Morgan fingerprint density at radius 2 is 1.93 bits per heavy atom. The van der Waals surface area contributed by atoms with Crippen LogP contribution in [0.2, 0.25) is 0 Å². The summed E-state index contributed by atoms with van der Waals surface area (Å²) in [4.78, 5) is 0. The second kappa shape index (κ2) is 4.47. The maximum absolute atomic E-state index is 5.83. The van der Waals surface area contributed by atoms with Crippen molar-refractivity contribution in [1.82, 2.24) is 0 Å². The van der Waals surface area contributed by atoms with E-state index in [0.29, 0.717) is 12.7 Å². The van der Waals surface area contributed by atoms with Crippen molar-refractivity contribution in [2.24, 2.45) is 0 Å². The molecule has 0 saturated heterocycles. The molecule has 1 aliphatic rings. The van der Waals surface area contributed by atoms with Gasteiger partial charge in [-0.2, -0.15) is 0 Å². The van der Waals surface area contributed by atoms with Crippen molar-refractivity contribution in [1.29, 1.82) is 0 Å². The van der Waals surface area contributed by atoms with Crippen molar-refractivity contribution in [3.63, 3.8) is 0 Å². The minimum absolute atomic E-state index is 0.467. The van der Waals surface area contributed by atoms with E-state index in [-0.39, 0.29) is 0 Å². The minimum Gasteiger partial charge on any atom is -0.398 e. The van der Waals surface area contributed by atoms with Gasteiger partial charge in [0.05, 0.1) is 12.7 Å². The molecule has 0 atom stereocenters. The summed E-state index contributed by atoms with van der Waals surface area (Å²) in [5.74, 6) is 0. The molecule has 2 heteroatoms. The predicted molar refractivity (Wildman–Crippen MR) is 57.9 cm³/mol. The van der Waals surface area contributed by atoms with Crippen LogP contribution in [-0.2, 0) is 11.3 Å². The van der Waals surface area contributed by atoms with E-state index in [1.807, 2.05) is 24.3 Å². The number of ether oxygens (including phenoxy) is 1. The summed E-state index contributed by atoms with van der Waals surface area (Å²) in [6.45, 7) is 0.664. The van der Waals surface area contributed by atoms with E-state index in [2.05, 4.69) is 0 Å². The van der Waals surface area contributed by atoms with E-state index in [9.17, 15) is 0 Å². The van der Waals surface area contributed by atoms with Gasteiger partial charge in [-0.1, -0.05) is 31.0 Å². The van der Waals surface area contributed by atoms with Crippen LogP contribution >= 0.6 is 0 Å². The first-order chi connectivity index (χ1) is 6.86. The number of hydrogen-bond acceptors (Lipinski definition) is 2. The molecule has 1 saturated carbocycles. The monoisotopic (exact) mass is 191 g/mol. The van der Waals surface area contributed by atoms with Crippen molar-refractivity contribution in [3.8, 4) is 0 Å². The lowest BCUT2D eigenvalue weighted by atomic mass is 10.2. The Kier molecular flexibility index (Phi) is 3.04. The fraction of sp³-hybridized carbons (Fsp3) is 0.500. The lowest BCUT2D eigenvalue weighted by Gasteiger charge is -2.12. The third-order valence-corrected chi connectivity index (χ3v) is 2.83. The highest BCUT2D eigenvalue weighted by atomic mass is 16.5. The number of nitrogen functional groups attached to an aromatic ring is 1. The molecule has 0 unspecified atom stereocenters. The molecule has 0 radical (unpaired) electrons. The summed E-state index contributed by atoms with van der Waals surface area (Å²) in [5.41, 5.74) is 7.77. The second-order valence-electron chi connectivity index (χ2n) is 3.92. The molecule has 2 N–H and O–H groups in total. The Balaban J connectivity index is 1.88. The standard InChI is InChI=1S/C12H17NO/c13-12-8-4-1-5-10(12)9-14-11-6-2-3-7-11/h1,4-5,8,11H,2-3,6-7,9,13H2. The molecule has 0 aromatic heterocycles. The topological polar surface area (TPSA) is 35.2 Å². The van der Waals surface area contributed by atoms with Crippen molar-refractivity contribution < 1.29 is 4.74 Å². The molecule has 1 aromatic rings. The summed E-state index contributed by atoms with van der Waals surface area (Å²) >= 11 is 0. The SMILES string of the molecule is Nc1ccccc1COC1CCCC1. The van der Waals surface area contributed by atoms with E-state index >= 15 is 0 Å². The lowest BCUT2D eigenvalue weighted by molar-refractivity contribution is 0.0460. The molecule has 1 fully saturated rings. The molecular formula is C12H17NO. The van der Waals surface area contributed by atoms with Gasteiger partial charge in [-0.3, -0.25) is 0 Å². The van der Waals surface area contributed by atoms with E-state index in [4.69, 9.17) is 10.5 Å². The number of hydrogen-bond donors (Lipinski definition) is 1. The van der Waals surface area contributed by atoms with Crippen molar-refractivity contribution in [2.75, 3.05) is 5.73 Å². The van der Waals surface area contributed by atoms with Gasteiger partial charge in [0.15, 0.2) is 0 Å². The van der Waals surface area contributed by atoms with E-state index < -0.39 is 0 Å². The van der Waals surface area contributed by atoms with Crippen LogP contribution in [0, 0.1) is 0 Å². The summed E-state index contributed by atoms with van der Waals surface area (Å²) in [5, 5.41) is 0. The van der Waals surface area contributed by atoms with Gasteiger partial charge in [0, 0.05) is 11.3 Å². The highest BCUT2D eigenvalue weighted by Crippen LogP contribution is 2.23. The van der Waals surface area contributed by atoms with Crippen LogP contribution < -0.4 is 5.73 Å². The molecule has 2 rings (SSSR count). The first-order valence-corrected chi connectivity index (χ1v) is 5.31. The molecule has 0 spiro atoms. The van der Waals surface area contributed by atoms with Crippen LogP contribution in [0.15, 0.2) is 24.3 Å². The number of para-hydroxylation sites is 1. The van der Waals surface area contributed by atoms with Gasteiger partial charge in [0.1, 0.15) is 0 Å². The van der Waals surface area contributed by atoms with Crippen LogP contribution in [0.1, 0.15) is 31.2 Å². The van der Waals surface area contributed by atoms with Crippen LogP contribution in [-0.4, -0.2) is 6.10 Å². The number of anilines is 1. The van der Waals surface area contributed by atoms with E-state index in [1.54, 1.807) is 0 Å². The molecule has 1 aliphatic carbocycles. The van der Waals surface area contributed by atoms with Crippen LogP contribution in [0.25, 0.3) is 0 Å². The van der Waals surface area contributed by atoms with Gasteiger partial charge in [-0.15, -0.1) is 0 Å². The Labute approximate surface area is 85.1 Å². The quantitative estimate of drug-likeness (QED) is 0.745. The summed E-state index contributed by atoms with van der Waals surface area (Å²) in [6.07, 6.45) is 5.53. The normalized spacial score (nSPS) is 17.4. The zero-order chi connectivity index (χ0) is 9.80. The number of rotatable bonds is 3. The van der Waals surface area contributed by atoms with Gasteiger partial charge in [0.2, 0.25) is 0 Å². The highest BCUT2D eigenvalue weighted by Gasteiger charge is 2.15. The first kappa shape index (κ1) is 9.53. The fourth-order valence-electron chi connectivity index (χ4n) is 1.93. The molecule has 0 aliphatic heterocycles. The first-order valence-electron chi connectivity index (χ1n) is 5.31. The molecule has 2 nitrogen and oxygen atoms in total. The Morgan fingerprint density at radius 3 is 2.64 bits per heavy atom. The van der Waals surface area contributed by atoms with Crippen LogP contribution in [0.3, 0.4) is 0 Å². The van der Waals surface area contributed by atoms with Gasteiger partial charge in [-0.05, 0) is 18.9 Å². The third kappa shape index (κ3) is 2.26. The van der Waals surface area contributed by atoms with Crippen LogP contribution in [0.5, 0.6) is 0 Å². The Hall–Kier alpha value is -1.02. The molecule has 0 bridgehead atoms. The smallest absolute Gasteiger partial charge is 0.0740 e. The summed E-state index contributed by atoms with van der Waals surface area (Å²) in [6, 6.07) is 7.91. The molecule has 14 heavy (non-hydrogen) atoms. The van der Waals surface area contributed by atoms with E-state index in [0.717, 1.165) is 11.3 Å². The maximum atomic E-state index is 5.83. The number of benzene rings is 1. The van der Waals surface area contributed by atoms with Crippen molar-refractivity contribution in [2.45, 2.75) is 38.4 Å². The minimum atomic E-state index is 0.467. The molecule has 0 amide bonds. The van der Waals surface area contributed by atoms with Crippen molar-refractivity contribution >= 4 is 5.69 Å². The third-order valence-electron chi connectivity index (χ3n) is 2.83. The lowest BCUT2D eigenvalue weighted by Crippen LogP contribution is -2.08.